The summed E-state index contributed by atoms with van der Waals surface area (Å²) in [6.45, 7) is -10.9. The Morgan fingerprint density at radius 2 is 2.53 bits per heavy atom. The second-order valence-corrected chi connectivity index (χ2v) is 3.09. The van der Waals surface area contributed by atoms with E-state index in [9.17, 15) is 0 Å². The van der Waals surface area contributed by atoms with Crippen LogP contribution in [0, 0.1) is 0 Å². The van der Waals surface area contributed by atoms with Gasteiger partial charge in [-0.15, -0.1) is 0 Å². The number of likely N-dealkylation sites (N-methyl/N-ethyl adjacent to an activating group) is 1. The van der Waals surface area contributed by atoms with Crippen LogP contribution in [0.3, 0.4) is 0 Å². The van der Waals surface area contributed by atoms with Gasteiger partial charge in [0.1, 0.15) is 2.74 Å². The van der Waals surface area contributed by atoms with Gasteiger partial charge >= 0.3 is 0 Å². The third-order valence-corrected chi connectivity index (χ3v) is 2.00. The Morgan fingerprint density at radius 3 is 3.40 bits per heavy atom. The molecule has 0 fully saturated rings. The van der Waals surface area contributed by atoms with E-state index in [-0.39, 0.29) is 17.9 Å². The smallest absolute Gasteiger partial charge is 0.231 e. The van der Waals surface area contributed by atoms with Gasteiger partial charge in [0, 0.05) is 17.0 Å². The molecule has 1 heterocycles. The first-order valence-corrected chi connectivity index (χ1v) is 4.39. The van der Waals surface area contributed by atoms with Gasteiger partial charge in [0.15, 0.2) is 11.5 Å². The summed E-state index contributed by atoms with van der Waals surface area (Å²) >= 11 is 0. The van der Waals surface area contributed by atoms with E-state index in [0.29, 0.717) is 5.56 Å². The number of hydrogen-bond donors (Lipinski definition) is 1. The molecule has 0 radical (unpaired) electrons. The first kappa shape index (κ1) is 3.67. The maximum atomic E-state index is 7.58. The molecule has 0 aromatic heterocycles. The predicted molar refractivity (Wildman–Crippen MR) is 59.4 cm³/mol. The highest BCUT2D eigenvalue weighted by Crippen LogP contribution is 2.32. The van der Waals surface area contributed by atoms with Crippen LogP contribution < -0.4 is 14.8 Å². The summed E-state index contributed by atoms with van der Waals surface area (Å²) in [7, 11) is 0. The van der Waals surface area contributed by atoms with Crippen molar-refractivity contribution in [1.29, 1.82) is 0 Å². The second-order valence-electron chi connectivity index (χ2n) is 3.09. The molecule has 0 spiro atoms. The van der Waals surface area contributed by atoms with Crippen molar-refractivity contribution in [2.45, 2.75) is 26.2 Å². The summed E-state index contributed by atoms with van der Waals surface area (Å²) in [6, 6.07) is 2.80. The minimum absolute atomic E-state index is 0.0885. The lowest BCUT2D eigenvalue weighted by Crippen LogP contribution is -2.27. The third-order valence-electron chi connectivity index (χ3n) is 2.00. The van der Waals surface area contributed by atoms with E-state index in [1.807, 2.05) is 0 Å². The van der Waals surface area contributed by atoms with Crippen molar-refractivity contribution in [1.82, 2.24) is 5.32 Å². The van der Waals surface area contributed by atoms with Crippen LogP contribution in [0.2, 0.25) is 0 Å². The molecule has 82 valence electrons. The second kappa shape index (κ2) is 4.53. The molecule has 0 saturated carbocycles. The van der Waals surface area contributed by atoms with Gasteiger partial charge in [0.2, 0.25) is 6.75 Å². The quantitative estimate of drug-likeness (QED) is 0.836. The minimum Gasteiger partial charge on any atom is -0.454 e. The molecule has 1 N–H and O–H groups in total. The Morgan fingerprint density at radius 1 is 1.60 bits per heavy atom. The summed E-state index contributed by atoms with van der Waals surface area (Å²) < 4.78 is 84.0. The molecular formula is C12H17NO2. The number of fused-ring (bicyclic) bond motifs is 1. The minimum atomic E-state index is -3.04. The summed E-state index contributed by atoms with van der Waals surface area (Å²) in [4.78, 5) is 0. The molecule has 1 aromatic carbocycles. The number of hydrogen-bond acceptors (Lipinski definition) is 3. The van der Waals surface area contributed by atoms with Crippen molar-refractivity contribution in [3.05, 3.63) is 23.8 Å². The van der Waals surface area contributed by atoms with Gasteiger partial charge in [-0.25, -0.2) is 0 Å². The average Bonchev–Trinajstić information content (AvgIpc) is 2.68. The maximum Gasteiger partial charge on any atom is 0.231 e. The van der Waals surface area contributed by atoms with E-state index < -0.39 is 33.0 Å². The van der Waals surface area contributed by atoms with Gasteiger partial charge in [0.05, 0.1) is 0 Å². The highest BCUT2D eigenvalue weighted by Gasteiger charge is 2.13. The van der Waals surface area contributed by atoms with Gasteiger partial charge < -0.3 is 14.8 Å². The van der Waals surface area contributed by atoms with E-state index in [1.54, 1.807) is 0 Å². The van der Waals surface area contributed by atoms with Crippen molar-refractivity contribution < 1.29 is 23.2 Å². The zero-order valence-corrected chi connectivity index (χ0v) is 7.83. The van der Waals surface area contributed by atoms with Gasteiger partial charge in [0.25, 0.3) is 0 Å². The van der Waals surface area contributed by atoms with E-state index >= 15 is 0 Å². The molecule has 3 nitrogen and oxygen atoms in total. The van der Waals surface area contributed by atoms with Crippen LogP contribution in [0.1, 0.15) is 33.0 Å². The summed E-state index contributed by atoms with van der Waals surface area (Å²) in [6.07, 6.45) is -0.217. The fourth-order valence-corrected chi connectivity index (χ4v) is 1.33. The van der Waals surface area contributed by atoms with Crippen molar-refractivity contribution in [3.8, 4) is 11.5 Å². The summed E-state index contributed by atoms with van der Waals surface area (Å²) in [5, 5.41) is 2.07. The number of benzene rings is 1. The number of rotatable bonds is 4. The van der Waals surface area contributed by atoms with Crippen molar-refractivity contribution >= 4 is 0 Å². The zero-order valence-electron chi connectivity index (χ0n) is 17.8. The lowest BCUT2D eigenvalue weighted by molar-refractivity contribution is 0.174. The summed E-state index contributed by atoms with van der Waals surface area (Å²) in [5.41, 5.74) is 0.398. The zero-order chi connectivity index (χ0) is 19.3. The number of nitrogens with one attached hydrogen (secondary N) is 1. The number of ether oxygens (including phenoxy) is 2. The van der Waals surface area contributed by atoms with E-state index in [2.05, 4.69) is 5.32 Å². The highest BCUT2D eigenvalue weighted by atomic mass is 16.7. The standard InChI is InChI=1S/C12H17NO2/c1-3-13-9(2)6-10-4-5-11-12(7-10)15-8-14-11/h4-5,7,9,13H,3,6,8H2,1-2H3/t9-/m1/s1/i1D3,2D3,3D2,8D2. The van der Waals surface area contributed by atoms with Crippen LogP contribution in [0.15, 0.2) is 18.2 Å². The van der Waals surface area contributed by atoms with Crippen LogP contribution in [-0.4, -0.2) is 19.3 Å². The van der Waals surface area contributed by atoms with Crippen LogP contribution >= 0.6 is 0 Å². The van der Waals surface area contributed by atoms with Crippen LogP contribution in [-0.2, 0) is 6.42 Å². The Hall–Kier alpha value is -1.22. The van der Waals surface area contributed by atoms with Crippen LogP contribution in [0.25, 0.3) is 0 Å². The summed E-state index contributed by atoms with van der Waals surface area (Å²) in [5.74, 6) is 0.246. The Bertz CT molecular complexity index is 640. The van der Waals surface area contributed by atoms with Gasteiger partial charge in [-0.3, -0.25) is 0 Å². The Labute approximate surface area is 104 Å². The molecular weight excluding hydrogens is 190 g/mol. The molecule has 1 atom stereocenters. The molecule has 0 unspecified atom stereocenters. The van der Waals surface area contributed by atoms with E-state index in [4.69, 9.17) is 23.2 Å². The average molecular weight is 217 g/mol. The highest BCUT2D eigenvalue weighted by molar-refractivity contribution is 5.44. The maximum absolute atomic E-state index is 7.58. The van der Waals surface area contributed by atoms with Crippen molar-refractivity contribution in [2.24, 2.45) is 0 Å². The molecule has 15 heavy (non-hydrogen) atoms. The lowest BCUT2D eigenvalue weighted by atomic mass is 10.1. The molecule has 2 rings (SSSR count). The largest absolute Gasteiger partial charge is 0.454 e. The molecule has 1 aliphatic rings. The SMILES string of the molecule is [2H]C1([2H])Oc2ccc(C[C@H](NC([2H])([2H])C([2H])([2H])[2H])C([2H])([2H])[2H])cc2O1. The lowest BCUT2D eigenvalue weighted by Gasteiger charge is -2.12. The van der Waals surface area contributed by atoms with Crippen molar-refractivity contribution in [3.63, 3.8) is 0 Å². The first-order chi connectivity index (χ1) is 11.1. The molecule has 0 amide bonds. The predicted octanol–water partition coefficient (Wildman–Crippen LogP) is 1.96. The molecule has 0 saturated heterocycles. The topological polar surface area (TPSA) is 30.5 Å². The monoisotopic (exact) mass is 217 g/mol. The fraction of sp³-hybridized carbons (Fsp3) is 0.500. The molecule has 0 aliphatic carbocycles. The molecule has 3 heteroatoms. The van der Waals surface area contributed by atoms with Crippen LogP contribution in [0.4, 0.5) is 0 Å². The van der Waals surface area contributed by atoms with Gasteiger partial charge in [-0.05, 0) is 37.5 Å². The Balaban J connectivity index is 2.22. The molecule has 0 bridgehead atoms. The van der Waals surface area contributed by atoms with E-state index in [0.717, 1.165) is 0 Å². The normalized spacial score (nSPS) is 31.2. The molecule has 1 aromatic rings. The van der Waals surface area contributed by atoms with Crippen molar-refractivity contribution in [2.75, 3.05) is 13.2 Å². The first-order valence-electron chi connectivity index (χ1n) is 9.39. The van der Waals surface area contributed by atoms with Gasteiger partial charge in [-0.2, -0.15) is 0 Å². The van der Waals surface area contributed by atoms with Gasteiger partial charge in [-0.1, -0.05) is 12.9 Å². The molecule has 1 aliphatic heterocycles. The fourth-order valence-electron chi connectivity index (χ4n) is 1.33. The van der Waals surface area contributed by atoms with Crippen LogP contribution in [0.5, 0.6) is 11.5 Å². The Kier molecular flexibility index (Phi) is 1.11. The van der Waals surface area contributed by atoms with E-state index in [1.165, 1.54) is 18.2 Å². The third kappa shape index (κ3) is 2.42.